The molecule has 0 radical (unpaired) electrons. The van der Waals surface area contributed by atoms with Crippen molar-refractivity contribution in [2.24, 2.45) is 5.92 Å². The zero-order valence-corrected chi connectivity index (χ0v) is 16.6. The Morgan fingerprint density at radius 1 is 1.15 bits per heavy atom. The molecule has 8 nitrogen and oxygen atoms in total. The van der Waals surface area contributed by atoms with Gasteiger partial charge in [0.05, 0.1) is 0 Å². The molecule has 0 bridgehead atoms. The third-order valence-electron chi connectivity index (χ3n) is 3.95. The van der Waals surface area contributed by atoms with Gasteiger partial charge in [-0.15, -0.1) is 11.3 Å². The van der Waals surface area contributed by atoms with Gasteiger partial charge in [0.1, 0.15) is 22.9 Å². The number of thioether (sulfide) groups is 1. The second-order valence-electron chi connectivity index (χ2n) is 6.12. The normalized spacial score (nSPS) is 12.6. The largest absolute Gasteiger partial charge is 0.357 e. The van der Waals surface area contributed by atoms with E-state index in [0.29, 0.717) is 17.4 Å². The molecular weight excluding hydrogens is 382 g/mol. The van der Waals surface area contributed by atoms with E-state index in [2.05, 4.69) is 49.2 Å². The van der Waals surface area contributed by atoms with E-state index in [1.807, 2.05) is 18.4 Å². The number of hydrogen-bond acceptors (Lipinski definition) is 10. The van der Waals surface area contributed by atoms with Crippen LogP contribution in [0.4, 0.5) is 5.82 Å². The van der Waals surface area contributed by atoms with Crippen LogP contribution in [0.15, 0.2) is 39.7 Å². The van der Waals surface area contributed by atoms with Crippen LogP contribution in [0.25, 0.3) is 21.7 Å². The zero-order valence-electron chi connectivity index (χ0n) is 14.9. The molecule has 0 spiro atoms. The quantitative estimate of drug-likeness (QED) is 0.481. The van der Waals surface area contributed by atoms with Gasteiger partial charge in [-0.3, -0.25) is 4.98 Å². The molecule has 0 saturated heterocycles. The lowest BCUT2D eigenvalue weighted by Crippen LogP contribution is -2.18. The number of hydrogen-bond donors (Lipinski definition) is 1. The number of anilines is 1. The number of nitrogens with one attached hydrogen (secondary N) is 1. The van der Waals surface area contributed by atoms with Gasteiger partial charge >= 0.3 is 0 Å². The Labute approximate surface area is 163 Å². The number of fused-ring (bicyclic) bond motifs is 1. The summed E-state index contributed by atoms with van der Waals surface area (Å²) in [5.41, 5.74) is 1.55. The summed E-state index contributed by atoms with van der Waals surface area (Å²) in [6, 6.07) is 3.51. The summed E-state index contributed by atoms with van der Waals surface area (Å²) in [5.74, 6) is 1.97. The maximum absolute atomic E-state index is 5.55. The molecule has 0 amide bonds. The molecule has 0 saturated carbocycles. The van der Waals surface area contributed by atoms with Gasteiger partial charge in [-0.25, -0.2) is 15.0 Å². The number of thiazole rings is 1. The first-order chi connectivity index (χ1) is 13.2. The lowest BCUT2D eigenvalue weighted by Gasteiger charge is -2.19. The summed E-state index contributed by atoms with van der Waals surface area (Å²) in [5, 5.41) is 7.55. The van der Waals surface area contributed by atoms with Crippen LogP contribution < -0.4 is 5.32 Å². The molecule has 1 atom stereocenters. The standard InChI is InChI=1S/C17H17N7OS2/c1-9(2)11(16-22-13(24-25-16)10-4-6-18-7-5-10)21-14-12-15(20-8-19-14)23-17(26-3)27-12/h4-9,11H,1-3H3,(H,19,20,21). The van der Waals surface area contributed by atoms with Crippen LogP contribution in [0.5, 0.6) is 0 Å². The minimum atomic E-state index is -0.189. The van der Waals surface area contributed by atoms with Crippen molar-refractivity contribution >= 4 is 39.3 Å². The van der Waals surface area contributed by atoms with Crippen LogP contribution in [-0.2, 0) is 0 Å². The van der Waals surface area contributed by atoms with Crippen molar-refractivity contribution in [3.63, 3.8) is 0 Å². The molecule has 138 valence electrons. The van der Waals surface area contributed by atoms with Crippen molar-refractivity contribution in [2.75, 3.05) is 11.6 Å². The highest BCUT2D eigenvalue weighted by molar-refractivity contribution is 8.00. The average molecular weight is 400 g/mol. The Bertz CT molecular complexity index is 1050. The second kappa shape index (κ2) is 7.57. The Morgan fingerprint density at radius 3 is 2.70 bits per heavy atom. The van der Waals surface area contributed by atoms with Gasteiger partial charge in [-0.05, 0) is 24.3 Å². The first-order valence-corrected chi connectivity index (χ1v) is 10.4. The van der Waals surface area contributed by atoms with Gasteiger partial charge in [-0.2, -0.15) is 4.98 Å². The molecule has 0 aliphatic carbocycles. The van der Waals surface area contributed by atoms with E-state index in [1.165, 1.54) is 6.33 Å². The van der Waals surface area contributed by atoms with Crippen LogP contribution in [0.3, 0.4) is 0 Å². The molecule has 1 N–H and O–H groups in total. The predicted molar refractivity (Wildman–Crippen MR) is 106 cm³/mol. The minimum absolute atomic E-state index is 0.189. The van der Waals surface area contributed by atoms with Crippen molar-refractivity contribution in [1.29, 1.82) is 0 Å². The average Bonchev–Trinajstić information content (AvgIpc) is 3.33. The fraction of sp³-hybridized carbons (Fsp3) is 0.294. The minimum Gasteiger partial charge on any atom is -0.357 e. The summed E-state index contributed by atoms with van der Waals surface area (Å²) >= 11 is 3.16. The van der Waals surface area contributed by atoms with Gasteiger partial charge in [0.2, 0.25) is 11.7 Å². The molecule has 27 heavy (non-hydrogen) atoms. The summed E-state index contributed by atoms with van der Waals surface area (Å²) < 4.78 is 7.42. The van der Waals surface area contributed by atoms with Crippen LogP contribution in [0, 0.1) is 5.92 Å². The molecule has 0 aromatic carbocycles. The Balaban J connectivity index is 1.67. The number of pyridine rings is 1. The summed E-state index contributed by atoms with van der Waals surface area (Å²) in [6.07, 6.45) is 6.92. The lowest BCUT2D eigenvalue weighted by molar-refractivity contribution is 0.336. The van der Waals surface area contributed by atoms with E-state index in [9.17, 15) is 0 Å². The molecule has 4 heterocycles. The third-order valence-corrected chi connectivity index (χ3v) is 5.99. The first kappa shape index (κ1) is 17.8. The lowest BCUT2D eigenvalue weighted by atomic mass is 10.0. The molecule has 0 aliphatic heterocycles. The highest BCUT2D eigenvalue weighted by Crippen LogP contribution is 2.34. The summed E-state index contributed by atoms with van der Waals surface area (Å²) in [6.45, 7) is 4.18. The van der Waals surface area contributed by atoms with Gasteiger partial charge in [0.15, 0.2) is 9.99 Å². The highest BCUT2D eigenvalue weighted by atomic mass is 32.2. The Morgan fingerprint density at radius 2 is 1.96 bits per heavy atom. The van der Waals surface area contributed by atoms with Gasteiger partial charge in [0, 0.05) is 18.0 Å². The van der Waals surface area contributed by atoms with Crippen molar-refractivity contribution in [3.05, 3.63) is 36.7 Å². The predicted octanol–water partition coefficient (Wildman–Crippen LogP) is 4.06. The van der Waals surface area contributed by atoms with Crippen molar-refractivity contribution in [3.8, 4) is 11.4 Å². The van der Waals surface area contributed by atoms with E-state index in [-0.39, 0.29) is 12.0 Å². The maximum atomic E-state index is 5.55. The first-order valence-electron chi connectivity index (χ1n) is 8.31. The van der Waals surface area contributed by atoms with Gasteiger partial charge in [0.25, 0.3) is 0 Å². The number of nitrogens with zero attached hydrogens (tertiary/aromatic N) is 6. The molecular formula is C17H17N7OS2. The Hall–Kier alpha value is -2.59. The van der Waals surface area contributed by atoms with E-state index >= 15 is 0 Å². The van der Waals surface area contributed by atoms with Crippen LogP contribution in [-0.4, -0.2) is 36.3 Å². The van der Waals surface area contributed by atoms with E-state index in [1.54, 1.807) is 35.5 Å². The molecule has 1 unspecified atom stereocenters. The number of aromatic nitrogens is 6. The van der Waals surface area contributed by atoms with Crippen molar-refractivity contribution < 1.29 is 4.52 Å². The van der Waals surface area contributed by atoms with Crippen LogP contribution in [0.2, 0.25) is 0 Å². The molecule has 4 aromatic heterocycles. The van der Waals surface area contributed by atoms with Crippen molar-refractivity contribution in [1.82, 2.24) is 30.1 Å². The van der Waals surface area contributed by atoms with E-state index < -0.39 is 0 Å². The van der Waals surface area contributed by atoms with E-state index in [0.717, 1.165) is 20.4 Å². The smallest absolute Gasteiger partial charge is 0.249 e. The highest BCUT2D eigenvalue weighted by Gasteiger charge is 2.25. The van der Waals surface area contributed by atoms with Crippen LogP contribution >= 0.6 is 23.1 Å². The van der Waals surface area contributed by atoms with E-state index in [4.69, 9.17) is 4.52 Å². The zero-order chi connectivity index (χ0) is 18.8. The fourth-order valence-corrected chi connectivity index (χ4v) is 4.03. The molecule has 10 heteroatoms. The van der Waals surface area contributed by atoms with Gasteiger partial charge in [-0.1, -0.05) is 30.8 Å². The third kappa shape index (κ3) is 3.62. The number of rotatable bonds is 6. The second-order valence-corrected chi connectivity index (χ2v) is 8.17. The summed E-state index contributed by atoms with van der Waals surface area (Å²) in [7, 11) is 0. The molecule has 4 aromatic rings. The monoisotopic (exact) mass is 399 g/mol. The van der Waals surface area contributed by atoms with Gasteiger partial charge < -0.3 is 9.84 Å². The summed E-state index contributed by atoms with van der Waals surface area (Å²) in [4.78, 5) is 21.7. The van der Waals surface area contributed by atoms with Crippen LogP contribution in [0.1, 0.15) is 25.8 Å². The maximum Gasteiger partial charge on any atom is 0.249 e. The topological polar surface area (TPSA) is 103 Å². The SMILES string of the molecule is CSc1nc2ncnc(NC(c3nc(-c4ccncc4)no3)C(C)C)c2s1. The molecule has 0 fully saturated rings. The molecule has 4 rings (SSSR count). The fourth-order valence-electron chi connectivity index (χ4n) is 2.57. The molecule has 0 aliphatic rings. The van der Waals surface area contributed by atoms with Crippen molar-refractivity contribution in [2.45, 2.75) is 24.2 Å². The Kier molecular flexibility index (Phi) is 4.99.